The number of primary sulfonamides is 1. The zero-order chi connectivity index (χ0) is 21.6. The standard InChI is InChI=1S/C18H18F3N5O2S/c1-17(2,3)12-6-4-11(5-7-12)15-24-16(18(19,20)21)25-26(15)14-9-8-13(10-23-14)29(22,27)28/h4-10H,1-3H3,(H2,22,27,28). The first-order chi connectivity index (χ1) is 13.3. The van der Waals surface area contributed by atoms with Gasteiger partial charge in [-0.1, -0.05) is 45.0 Å². The van der Waals surface area contributed by atoms with Gasteiger partial charge in [-0.05, 0) is 23.1 Å². The Labute approximate surface area is 165 Å². The van der Waals surface area contributed by atoms with E-state index in [0.717, 1.165) is 22.5 Å². The number of rotatable bonds is 3. The van der Waals surface area contributed by atoms with Gasteiger partial charge in [0.25, 0.3) is 5.82 Å². The molecular formula is C18H18F3N5O2S. The Morgan fingerprint density at radius 1 is 1.00 bits per heavy atom. The second-order valence-electron chi connectivity index (χ2n) is 7.39. The number of nitrogens with two attached hydrogens (primary N) is 1. The molecule has 2 N–H and O–H groups in total. The smallest absolute Gasteiger partial charge is 0.236 e. The first-order valence-electron chi connectivity index (χ1n) is 8.41. The first kappa shape index (κ1) is 20.9. The highest BCUT2D eigenvalue weighted by Gasteiger charge is 2.37. The minimum Gasteiger partial charge on any atom is -0.236 e. The van der Waals surface area contributed by atoms with Crippen molar-refractivity contribution < 1.29 is 21.6 Å². The van der Waals surface area contributed by atoms with Crippen molar-refractivity contribution in [2.45, 2.75) is 37.3 Å². The van der Waals surface area contributed by atoms with Crippen LogP contribution in [0.1, 0.15) is 32.2 Å². The number of pyridine rings is 1. The highest BCUT2D eigenvalue weighted by atomic mass is 32.2. The molecule has 0 saturated heterocycles. The summed E-state index contributed by atoms with van der Waals surface area (Å²) in [7, 11) is -3.99. The Hall–Kier alpha value is -2.79. The van der Waals surface area contributed by atoms with Gasteiger partial charge in [0.15, 0.2) is 11.6 Å². The van der Waals surface area contributed by atoms with Crippen LogP contribution >= 0.6 is 0 Å². The molecule has 0 aliphatic heterocycles. The maximum atomic E-state index is 13.2. The van der Waals surface area contributed by atoms with E-state index in [0.29, 0.717) is 5.56 Å². The van der Waals surface area contributed by atoms with Gasteiger partial charge >= 0.3 is 6.18 Å². The molecule has 29 heavy (non-hydrogen) atoms. The van der Waals surface area contributed by atoms with E-state index in [1.165, 1.54) is 6.07 Å². The van der Waals surface area contributed by atoms with Crippen LogP contribution in [-0.4, -0.2) is 28.2 Å². The van der Waals surface area contributed by atoms with E-state index in [1.807, 2.05) is 20.8 Å². The number of aromatic nitrogens is 4. The normalized spacial score (nSPS) is 12.9. The van der Waals surface area contributed by atoms with Crippen LogP contribution in [0, 0.1) is 0 Å². The molecule has 154 valence electrons. The lowest BCUT2D eigenvalue weighted by Crippen LogP contribution is -2.13. The summed E-state index contributed by atoms with van der Waals surface area (Å²) in [6.45, 7) is 6.05. The van der Waals surface area contributed by atoms with Crippen LogP contribution < -0.4 is 5.14 Å². The van der Waals surface area contributed by atoms with Crippen LogP contribution in [0.25, 0.3) is 17.2 Å². The molecule has 0 amide bonds. The molecule has 11 heteroatoms. The molecule has 3 rings (SSSR count). The molecule has 0 saturated carbocycles. The predicted octanol–water partition coefficient (Wildman–Crippen LogP) is 3.29. The molecular weight excluding hydrogens is 407 g/mol. The van der Waals surface area contributed by atoms with E-state index in [9.17, 15) is 21.6 Å². The highest BCUT2D eigenvalue weighted by Crippen LogP contribution is 2.31. The third-order valence-electron chi connectivity index (χ3n) is 4.14. The molecule has 0 radical (unpaired) electrons. The van der Waals surface area contributed by atoms with Gasteiger partial charge in [-0.15, -0.1) is 5.10 Å². The van der Waals surface area contributed by atoms with E-state index in [-0.39, 0.29) is 22.0 Å². The molecule has 0 spiro atoms. The molecule has 0 aliphatic rings. The largest absolute Gasteiger partial charge is 0.453 e. The van der Waals surface area contributed by atoms with Crippen LogP contribution in [-0.2, 0) is 21.6 Å². The van der Waals surface area contributed by atoms with Crippen molar-refractivity contribution in [2.24, 2.45) is 5.14 Å². The second-order valence-corrected chi connectivity index (χ2v) is 8.95. The Kier molecular flexibility index (Phi) is 4.99. The third-order valence-corrected chi connectivity index (χ3v) is 5.03. The third kappa shape index (κ3) is 4.46. The summed E-state index contributed by atoms with van der Waals surface area (Å²) in [5.41, 5.74) is 1.27. The lowest BCUT2D eigenvalue weighted by molar-refractivity contribution is -0.144. The molecule has 0 aliphatic carbocycles. The summed E-state index contributed by atoms with van der Waals surface area (Å²) in [4.78, 5) is 7.25. The lowest BCUT2D eigenvalue weighted by Gasteiger charge is -2.19. The van der Waals surface area contributed by atoms with E-state index < -0.39 is 22.0 Å². The minimum atomic E-state index is -4.76. The number of alkyl halides is 3. The van der Waals surface area contributed by atoms with Crippen LogP contribution in [0.15, 0.2) is 47.5 Å². The van der Waals surface area contributed by atoms with Gasteiger partial charge in [0.2, 0.25) is 10.0 Å². The number of hydrogen-bond donors (Lipinski definition) is 1. The Morgan fingerprint density at radius 2 is 1.62 bits per heavy atom. The Balaban J connectivity index is 2.13. The van der Waals surface area contributed by atoms with E-state index >= 15 is 0 Å². The maximum absolute atomic E-state index is 13.2. The average Bonchev–Trinajstić information content (AvgIpc) is 3.06. The van der Waals surface area contributed by atoms with Crippen molar-refractivity contribution >= 4 is 10.0 Å². The van der Waals surface area contributed by atoms with Gasteiger partial charge in [-0.25, -0.2) is 23.5 Å². The van der Waals surface area contributed by atoms with Crippen LogP contribution in [0.4, 0.5) is 13.2 Å². The second kappa shape index (κ2) is 6.92. The number of halogens is 3. The van der Waals surface area contributed by atoms with Gasteiger partial charge in [0.1, 0.15) is 4.90 Å². The lowest BCUT2D eigenvalue weighted by atomic mass is 9.87. The maximum Gasteiger partial charge on any atom is 0.453 e. The fourth-order valence-corrected chi connectivity index (χ4v) is 3.02. The molecule has 0 bridgehead atoms. The average molecular weight is 425 g/mol. The molecule has 2 aromatic heterocycles. The molecule has 3 aromatic rings. The van der Waals surface area contributed by atoms with E-state index in [2.05, 4.69) is 15.1 Å². The predicted molar refractivity (Wildman–Crippen MR) is 99.7 cm³/mol. The first-order valence-corrected chi connectivity index (χ1v) is 9.96. The summed E-state index contributed by atoms with van der Waals surface area (Å²) in [5.74, 6) is -1.44. The van der Waals surface area contributed by atoms with Crippen molar-refractivity contribution in [3.8, 4) is 17.2 Å². The van der Waals surface area contributed by atoms with Crippen LogP contribution in [0.2, 0.25) is 0 Å². The summed E-state index contributed by atoms with van der Waals surface area (Å²) in [6.07, 6.45) is -3.81. The fraction of sp³-hybridized carbons (Fsp3) is 0.278. The molecule has 0 atom stereocenters. The molecule has 0 unspecified atom stereocenters. The molecule has 2 heterocycles. The minimum absolute atomic E-state index is 0.0321. The zero-order valence-electron chi connectivity index (χ0n) is 15.8. The quantitative estimate of drug-likeness (QED) is 0.694. The van der Waals surface area contributed by atoms with Gasteiger partial charge in [-0.2, -0.15) is 17.9 Å². The van der Waals surface area contributed by atoms with Crippen molar-refractivity contribution in [3.63, 3.8) is 0 Å². The van der Waals surface area contributed by atoms with Crippen LogP contribution in [0.5, 0.6) is 0 Å². The number of benzene rings is 1. The summed E-state index contributed by atoms with van der Waals surface area (Å²) < 4.78 is 63.3. The van der Waals surface area contributed by atoms with Crippen molar-refractivity contribution in [1.29, 1.82) is 0 Å². The number of hydrogen-bond acceptors (Lipinski definition) is 5. The topological polar surface area (TPSA) is 104 Å². The fourth-order valence-electron chi connectivity index (χ4n) is 2.56. The Morgan fingerprint density at radius 3 is 2.07 bits per heavy atom. The zero-order valence-corrected chi connectivity index (χ0v) is 16.6. The number of nitrogens with zero attached hydrogens (tertiary/aromatic N) is 4. The van der Waals surface area contributed by atoms with Crippen molar-refractivity contribution in [3.05, 3.63) is 54.0 Å². The SMILES string of the molecule is CC(C)(C)c1ccc(-c2nc(C(F)(F)F)nn2-c2ccc(S(N)(=O)=O)cn2)cc1. The van der Waals surface area contributed by atoms with Crippen LogP contribution in [0.3, 0.4) is 0 Å². The highest BCUT2D eigenvalue weighted by molar-refractivity contribution is 7.89. The van der Waals surface area contributed by atoms with E-state index in [1.54, 1.807) is 24.3 Å². The van der Waals surface area contributed by atoms with Crippen molar-refractivity contribution in [1.82, 2.24) is 19.7 Å². The van der Waals surface area contributed by atoms with E-state index in [4.69, 9.17) is 5.14 Å². The van der Waals surface area contributed by atoms with Crippen molar-refractivity contribution in [2.75, 3.05) is 0 Å². The summed E-state index contributed by atoms with van der Waals surface area (Å²) in [6, 6.07) is 9.26. The molecule has 0 fully saturated rings. The summed E-state index contributed by atoms with van der Waals surface area (Å²) >= 11 is 0. The number of sulfonamides is 1. The van der Waals surface area contributed by atoms with Gasteiger partial charge in [0, 0.05) is 11.8 Å². The Bertz CT molecular complexity index is 1130. The van der Waals surface area contributed by atoms with Gasteiger partial charge in [-0.3, -0.25) is 0 Å². The van der Waals surface area contributed by atoms with Gasteiger partial charge < -0.3 is 0 Å². The molecule has 1 aromatic carbocycles. The van der Waals surface area contributed by atoms with Gasteiger partial charge in [0.05, 0.1) is 0 Å². The monoisotopic (exact) mass is 425 g/mol. The molecule has 7 nitrogen and oxygen atoms in total. The summed E-state index contributed by atoms with van der Waals surface area (Å²) in [5, 5.41) is 8.55.